The molecule has 1 aliphatic heterocycles. The number of likely N-dealkylation sites (tertiary alicyclic amines) is 1. The molecule has 3 rings (SSSR count). The lowest BCUT2D eigenvalue weighted by atomic mass is 9.99. The maximum absolute atomic E-state index is 13.4. The fourth-order valence-corrected chi connectivity index (χ4v) is 3.03. The van der Waals surface area contributed by atoms with E-state index >= 15 is 0 Å². The number of hydrogen-bond acceptors (Lipinski definition) is 5. The number of amides is 2. The molecule has 150 valence electrons. The number of carbonyl (C=O) groups excluding carboxylic acids is 2. The van der Waals surface area contributed by atoms with Crippen molar-refractivity contribution in [3.8, 4) is 23.3 Å². The number of hydroxylamine groups is 1. The summed E-state index contributed by atoms with van der Waals surface area (Å²) in [5, 5.41) is 8.81. The molecular weight excluding hydrogens is 379 g/mol. The van der Waals surface area contributed by atoms with Crippen LogP contribution in [0.2, 0.25) is 0 Å². The van der Waals surface area contributed by atoms with Crippen LogP contribution in [0.15, 0.2) is 36.4 Å². The maximum atomic E-state index is 13.4. The minimum Gasteiger partial charge on any atom is -0.493 e. The van der Waals surface area contributed by atoms with Gasteiger partial charge in [-0.2, -0.15) is 0 Å². The van der Waals surface area contributed by atoms with Crippen LogP contribution in [-0.4, -0.2) is 48.7 Å². The molecule has 1 fully saturated rings. The van der Waals surface area contributed by atoms with Crippen molar-refractivity contribution in [3.05, 3.63) is 58.9 Å². The first kappa shape index (κ1) is 20.2. The summed E-state index contributed by atoms with van der Waals surface area (Å²) in [4.78, 5) is 25.9. The first-order valence-electron chi connectivity index (χ1n) is 8.77. The van der Waals surface area contributed by atoms with Crippen molar-refractivity contribution >= 4 is 11.8 Å². The average molecular weight is 398 g/mol. The van der Waals surface area contributed by atoms with Crippen LogP contribution in [0.4, 0.5) is 4.39 Å². The maximum Gasteiger partial charge on any atom is 0.266 e. The molecule has 29 heavy (non-hydrogen) atoms. The molecule has 7 nitrogen and oxygen atoms in total. The smallest absolute Gasteiger partial charge is 0.266 e. The van der Waals surface area contributed by atoms with E-state index in [0.717, 1.165) is 0 Å². The summed E-state index contributed by atoms with van der Waals surface area (Å²) < 4.78 is 24.1. The van der Waals surface area contributed by atoms with E-state index in [2.05, 4.69) is 11.8 Å². The lowest BCUT2D eigenvalue weighted by Gasteiger charge is -2.39. The van der Waals surface area contributed by atoms with Crippen LogP contribution < -0.4 is 15.0 Å². The third-order valence-corrected chi connectivity index (χ3v) is 4.59. The minimum absolute atomic E-state index is 0.252. The van der Waals surface area contributed by atoms with Gasteiger partial charge in [0, 0.05) is 17.7 Å². The first-order valence-corrected chi connectivity index (χ1v) is 8.77. The predicted octanol–water partition coefficient (Wildman–Crippen LogP) is 1.96. The molecule has 0 saturated carbocycles. The van der Waals surface area contributed by atoms with Gasteiger partial charge < -0.3 is 14.4 Å². The number of benzene rings is 2. The molecule has 2 amide bonds. The zero-order valence-electron chi connectivity index (χ0n) is 15.9. The van der Waals surface area contributed by atoms with Crippen LogP contribution in [0.3, 0.4) is 0 Å². The largest absolute Gasteiger partial charge is 0.493 e. The summed E-state index contributed by atoms with van der Waals surface area (Å²) in [6.07, 6.45) is 0.456. The van der Waals surface area contributed by atoms with Gasteiger partial charge in [-0.3, -0.25) is 14.8 Å². The normalized spacial score (nSPS) is 14.9. The molecule has 0 radical (unpaired) electrons. The second-order valence-electron chi connectivity index (χ2n) is 6.30. The van der Waals surface area contributed by atoms with Gasteiger partial charge in [0.15, 0.2) is 11.5 Å². The molecule has 1 aliphatic rings. The Balaban J connectivity index is 1.99. The van der Waals surface area contributed by atoms with E-state index in [0.29, 0.717) is 35.6 Å². The van der Waals surface area contributed by atoms with Crippen molar-refractivity contribution in [1.29, 1.82) is 0 Å². The Labute approximate surface area is 167 Å². The quantitative estimate of drug-likeness (QED) is 0.467. The number of ether oxygens (including phenoxy) is 2. The molecule has 2 N–H and O–H groups in total. The molecule has 2 aromatic carbocycles. The van der Waals surface area contributed by atoms with E-state index in [1.54, 1.807) is 17.6 Å². The molecule has 0 spiro atoms. The topological polar surface area (TPSA) is 88.1 Å². The lowest BCUT2D eigenvalue weighted by Crippen LogP contribution is -2.57. The zero-order chi connectivity index (χ0) is 21.0. The summed E-state index contributed by atoms with van der Waals surface area (Å²) in [6, 6.07) is 8.12. The van der Waals surface area contributed by atoms with E-state index in [9.17, 15) is 14.0 Å². The standard InChI is InChI=1S/C21H19FN2O5/c1-28-18-12-15(21(26)24-9-8-17(24)20(25)23-27)11-14(19(18)29-2)7-6-13-4-3-5-16(22)10-13/h3-5,10-12,17,27H,8-9H2,1-2H3,(H,23,25). The van der Waals surface area contributed by atoms with Crippen molar-refractivity contribution in [2.45, 2.75) is 12.5 Å². The van der Waals surface area contributed by atoms with Gasteiger partial charge in [-0.15, -0.1) is 0 Å². The molecule has 2 aromatic rings. The SMILES string of the molecule is COc1cc(C(=O)N2CCC2C(=O)NO)cc(C#Cc2cccc(F)c2)c1OC. The van der Waals surface area contributed by atoms with E-state index in [-0.39, 0.29) is 5.56 Å². The summed E-state index contributed by atoms with van der Waals surface area (Å²) in [5.41, 5.74) is 2.66. The second kappa shape index (κ2) is 8.63. The van der Waals surface area contributed by atoms with Crippen LogP contribution in [0.5, 0.6) is 11.5 Å². The van der Waals surface area contributed by atoms with E-state index in [1.807, 2.05) is 0 Å². The van der Waals surface area contributed by atoms with Crippen molar-refractivity contribution in [3.63, 3.8) is 0 Å². The molecule has 1 heterocycles. The molecule has 1 saturated heterocycles. The fourth-order valence-electron chi connectivity index (χ4n) is 3.03. The van der Waals surface area contributed by atoms with Gasteiger partial charge in [-0.1, -0.05) is 17.9 Å². The number of rotatable bonds is 4. The number of nitrogens with one attached hydrogen (secondary N) is 1. The molecule has 0 aliphatic carbocycles. The Kier molecular flexibility index (Phi) is 6.00. The Morgan fingerprint density at radius 2 is 2.00 bits per heavy atom. The molecule has 8 heteroatoms. The highest BCUT2D eigenvalue weighted by molar-refractivity contribution is 5.99. The fraction of sp³-hybridized carbons (Fsp3) is 0.238. The number of halogens is 1. The monoisotopic (exact) mass is 398 g/mol. The average Bonchev–Trinajstić information content (AvgIpc) is 2.70. The number of nitrogens with zero attached hydrogens (tertiary/aromatic N) is 1. The summed E-state index contributed by atoms with van der Waals surface area (Å²) >= 11 is 0. The van der Waals surface area contributed by atoms with Gasteiger partial charge in [-0.25, -0.2) is 9.87 Å². The molecule has 0 aromatic heterocycles. The third kappa shape index (κ3) is 4.15. The molecule has 0 bridgehead atoms. The number of hydrogen-bond donors (Lipinski definition) is 2. The highest BCUT2D eigenvalue weighted by Gasteiger charge is 2.38. The molecule has 1 atom stereocenters. The lowest BCUT2D eigenvalue weighted by molar-refractivity contribution is -0.137. The van der Waals surface area contributed by atoms with Crippen molar-refractivity contribution in [2.75, 3.05) is 20.8 Å². The van der Waals surface area contributed by atoms with Gasteiger partial charge in [0.25, 0.3) is 11.8 Å². The van der Waals surface area contributed by atoms with Crippen molar-refractivity contribution in [2.24, 2.45) is 0 Å². The Morgan fingerprint density at radius 3 is 2.59 bits per heavy atom. The highest BCUT2D eigenvalue weighted by atomic mass is 19.1. The Bertz CT molecular complexity index is 1010. The minimum atomic E-state index is -0.734. The summed E-state index contributed by atoms with van der Waals surface area (Å²) in [5.74, 6) is 4.91. The van der Waals surface area contributed by atoms with Crippen LogP contribution in [0.25, 0.3) is 0 Å². The number of carbonyl (C=O) groups is 2. The zero-order valence-corrected chi connectivity index (χ0v) is 15.9. The Hall–Kier alpha value is -3.57. The van der Waals surface area contributed by atoms with Gasteiger partial charge in [0.1, 0.15) is 11.9 Å². The van der Waals surface area contributed by atoms with Gasteiger partial charge >= 0.3 is 0 Å². The third-order valence-electron chi connectivity index (χ3n) is 4.59. The molecular formula is C21H19FN2O5. The van der Waals surface area contributed by atoms with Crippen LogP contribution in [0, 0.1) is 17.7 Å². The summed E-state index contributed by atoms with van der Waals surface area (Å²) in [6.45, 7) is 0.384. The van der Waals surface area contributed by atoms with E-state index < -0.39 is 23.7 Å². The first-order chi connectivity index (χ1) is 14.0. The van der Waals surface area contributed by atoms with Gasteiger partial charge in [-0.05, 0) is 36.8 Å². The predicted molar refractivity (Wildman–Crippen MR) is 101 cm³/mol. The van der Waals surface area contributed by atoms with Gasteiger partial charge in [0.2, 0.25) is 0 Å². The summed E-state index contributed by atoms with van der Waals surface area (Å²) in [7, 11) is 2.88. The van der Waals surface area contributed by atoms with Crippen LogP contribution in [-0.2, 0) is 4.79 Å². The van der Waals surface area contributed by atoms with Gasteiger partial charge in [0.05, 0.1) is 19.8 Å². The number of methoxy groups -OCH3 is 2. The van der Waals surface area contributed by atoms with E-state index in [1.165, 1.54) is 43.4 Å². The van der Waals surface area contributed by atoms with Crippen LogP contribution in [0.1, 0.15) is 27.9 Å². The highest BCUT2D eigenvalue weighted by Crippen LogP contribution is 2.33. The van der Waals surface area contributed by atoms with E-state index in [4.69, 9.17) is 14.7 Å². The van der Waals surface area contributed by atoms with Crippen molar-refractivity contribution < 1.29 is 28.7 Å². The Morgan fingerprint density at radius 1 is 1.21 bits per heavy atom. The molecule has 1 unspecified atom stereocenters. The van der Waals surface area contributed by atoms with Crippen molar-refractivity contribution in [1.82, 2.24) is 10.4 Å². The second-order valence-corrected chi connectivity index (χ2v) is 6.30. The van der Waals surface area contributed by atoms with Crippen LogP contribution >= 0.6 is 0 Å².